The Morgan fingerprint density at radius 2 is 1.77 bits per heavy atom. The lowest BCUT2D eigenvalue weighted by Gasteiger charge is -2.36. The summed E-state index contributed by atoms with van der Waals surface area (Å²) in [6, 6.07) is 9.69. The molecule has 1 saturated heterocycles. The van der Waals surface area contributed by atoms with Crippen LogP contribution >= 0.6 is 0 Å². The minimum atomic E-state index is -0.809. The van der Waals surface area contributed by atoms with Crippen LogP contribution in [-0.4, -0.2) is 36.4 Å². The van der Waals surface area contributed by atoms with Crippen LogP contribution in [0.25, 0.3) is 0 Å². The van der Waals surface area contributed by atoms with E-state index in [1.165, 1.54) is 7.11 Å². The summed E-state index contributed by atoms with van der Waals surface area (Å²) in [7, 11) is 0.914. The molecule has 158 valence electrons. The van der Waals surface area contributed by atoms with Gasteiger partial charge in [-0.3, -0.25) is 4.79 Å². The van der Waals surface area contributed by atoms with Gasteiger partial charge in [-0.25, -0.2) is 4.98 Å². The topological polar surface area (TPSA) is 66.9 Å². The molecule has 1 unspecified atom stereocenters. The Kier molecular flexibility index (Phi) is 4.75. The van der Waals surface area contributed by atoms with Crippen molar-refractivity contribution in [2.24, 2.45) is 5.41 Å². The van der Waals surface area contributed by atoms with Crippen LogP contribution in [-0.2, 0) is 18.8 Å². The molecule has 2 aliphatic heterocycles. The molecule has 7 heteroatoms. The Morgan fingerprint density at radius 3 is 2.40 bits per heavy atom. The van der Waals surface area contributed by atoms with Crippen LogP contribution < -0.4 is 10.2 Å². The van der Waals surface area contributed by atoms with Gasteiger partial charge in [-0.05, 0) is 59.1 Å². The van der Waals surface area contributed by atoms with E-state index in [2.05, 4.69) is 4.98 Å². The van der Waals surface area contributed by atoms with Crippen molar-refractivity contribution in [2.75, 3.05) is 7.11 Å². The summed E-state index contributed by atoms with van der Waals surface area (Å²) >= 11 is 0. The van der Waals surface area contributed by atoms with Crippen LogP contribution in [0.2, 0.25) is 0 Å². The maximum Gasteiger partial charge on any atom is 0.494 e. The number of carbonyl (C=O) groups excluding carboxylic acids is 1. The van der Waals surface area contributed by atoms with Crippen LogP contribution in [0.1, 0.15) is 58.6 Å². The molecule has 1 fully saturated rings. The summed E-state index contributed by atoms with van der Waals surface area (Å²) in [5.74, 6) is 0.600. The van der Waals surface area contributed by atoms with Gasteiger partial charge in [0.15, 0.2) is 0 Å². The molecule has 2 aliphatic rings. The maximum atomic E-state index is 12.6. The number of ether oxygens (including phenoxy) is 2. The highest BCUT2D eigenvalue weighted by molar-refractivity contribution is 6.62. The molecular formula is C23H28BNO5. The molecule has 0 saturated carbocycles. The highest BCUT2D eigenvalue weighted by Crippen LogP contribution is 2.51. The molecule has 0 amide bonds. The first kappa shape index (κ1) is 20.9. The molecule has 0 aliphatic carbocycles. The molecular weight excluding hydrogens is 381 g/mol. The second-order valence-corrected chi connectivity index (χ2v) is 9.53. The van der Waals surface area contributed by atoms with Crippen LogP contribution in [0.4, 0.5) is 0 Å². The van der Waals surface area contributed by atoms with Crippen molar-refractivity contribution in [3.05, 3.63) is 47.7 Å². The van der Waals surface area contributed by atoms with E-state index < -0.39 is 23.7 Å². The molecule has 30 heavy (non-hydrogen) atoms. The van der Waals surface area contributed by atoms with E-state index in [1.54, 1.807) is 6.20 Å². The molecule has 1 atom stereocenters. The second-order valence-electron chi connectivity index (χ2n) is 9.53. The number of pyridine rings is 1. The quantitative estimate of drug-likeness (QED) is 0.567. The van der Waals surface area contributed by atoms with E-state index in [9.17, 15) is 4.79 Å². The fourth-order valence-corrected chi connectivity index (χ4v) is 4.14. The smallest absolute Gasteiger partial charge is 0.469 e. The number of hydrogen-bond donors (Lipinski definition) is 0. The number of benzene rings is 1. The van der Waals surface area contributed by atoms with Gasteiger partial charge in [-0.15, -0.1) is 0 Å². The van der Waals surface area contributed by atoms with Gasteiger partial charge in [0.05, 0.1) is 23.7 Å². The number of aromatic nitrogens is 1. The zero-order valence-electron chi connectivity index (χ0n) is 18.6. The lowest BCUT2D eigenvalue weighted by molar-refractivity contribution is -0.151. The molecule has 6 nitrogen and oxygen atoms in total. The highest BCUT2D eigenvalue weighted by Gasteiger charge is 2.52. The number of rotatable bonds is 3. The van der Waals surface area contributed by atoms with E-state index in [1.807, 2.05) is 71.9 Å². The van der Waals surface area contributed by atoms with Crippen LogP contribution in [0, 0.1) is 5.41 Å². The molecule has 1 aromatic heterocycles. The zero-order valence-corrected chi connectivity index (χ0v) is 18.6. The molecule has 4 rings (SSSR count). The van der Waals surface area contributed by atoms with Gasteiger partial charge in [0, 0.05) is 23.2 Å². The van der Waals surface area contributed by atoms with Gasteiger partial charge in [-0.1, -0.05) is 18.2 Å². The Bertz CT molecular complexity index is 985. The van der Waals surface area contributed by atoms with Crippen LogP contribution in [0.15, 0.2) is 36.5 Å². The number of esters is 1. The van der Waals surface area contributed by atoms with Crippen molar-refractivity contribution in [1.82, 2.24) is 4.98 Å². The highest BCUT2D eigenvalue weighted by atomic mass is 16.7. The lowest BCUT2D eigenvalue weighted by Crippen LogP contribution is -2.41. The SMILES string of the molecule is COC(=O)C(C)(C)C1c2ccc(B3OC(C)(C)C(C)(C)O3)cc2Oc2ncccc21. The number of methoxy groups -OCH3 is 1. The molecule has 1 aromatic carbocycles. The predicted octanol–water partition coefficient (Wildman–Crippen LogP) is 3.82. The van der Waals surface area contributed by atoms with Gasteiger partial charge in [-0.2, -0.15) is 0 Å². The fraction of sp³-hybridized carbons (Fsp3) is 0.478. The van der Waals surface area contributed by atoms with Crippen molar-refractivity contribution in [2.45, 2.75) is 58.7 Å². The third kappa shape index (κ3) is 3.12. The number of carbonyl (C=O) groups is 1. The largest absolute Gasteiger partial charge is 0.494 e. The van der Waals surface area contributed by atoms with E-state index in [-0.39, 0.29) is 11.9 Å². The molecule has 0 radical (unpaired) electrons. The Hall–Kier alpha value is -2.38. The van der Waals surface area contributed by atoms with Crippen molar-refractivity contribution in [3.8, 4) is 11.6 Å². The first-order chi connectivity index (χ1) is 14.0. The molecule has 3 heterocycles. The number of hydrogen-bond acceptors (Lipinski definition) is 6. The molecule has 0 N–H and O–H groups in total. The summed E-state index contributed by atoms with van der Waals surface area (Å²) in [6.07, 6.45) is 1.68. The van der Waals surface area contributed by atoms with E-state index in [0.717, 1.165) is 16.6 Å². The summed E-state index contributed by atoms with van der Waals surface area (Å²) in [4.78, 5) is 17.1. The average Bonchev–Trinajstić information content (AvgIpc) is 2.91. The van der Waals surface area contributed by atoms with E-state index in [4.69, 9.17) is 18.8 Å². The van der Waals surface area contributed by atoms with E-state index >= 15 is 0 Å². The summed E-state index contributed by atoms with van der Waals surface area (Å²) in [5, 5.41) is 0. The summed E-state index contributed by atoms with van der Waals surface area (Å²) in [5.41, 5.74) is 0.962. The standard InChI is InChI=1S/C23H28BNO5/c1-21(2,20(26)27-7)18-15-11-10-14(24-29-22(3,4)23(5,6)30-24)13-17(15)28-19-16(18)9-8-12-25-19/h8-13,18H,1-7H3. The van der Waals surface area contributed by atoms with Crippen molar-refractivity contribution >= 4 is 18.6 Å². The van der Waals surface area contributed by atoms with Crippen molar-refractivity contribution in [1.29, 1.82) is 0 Å². The average molecular weight is 409 g/mol. The third-order valence-electron chi connectivity index (χ3n) is 6.63. The lowest BCUT2D eigenvalue weighted by atomic mass is 9.69. The maximum absolute atomic E-state index is 12.6. The summed E-state index contributed by atoms with van der Waals surface area (Å²) < 4.78 is 23.6. The van der Waals surface area contributed by atoms with Gasteiger partial charge < -0.3 is 18.8 Å². The summed E-state index contributed by atoms with van der Waals surface area (Å²) in [6.45, 7) is 11.9. The van der Waals surface area contributed by atoms with Gasteiger partial charge in [0.25, 0.3) is 0 Å². The van der Waals surface area contributed by atoms with Crippen LogP contribution in [0.5, 0.6) is 11.6 Å². The Morgan fingerprint density at radius 1 is 1.10 bits per heavy atom. The third-order valence-corrected chi connectivity index (χ3v) is 6.63. The number of nitrogens with zero attached hydrogens (tertiary/aromatic N) is 1. The predicted molar refractivity (Wildman–Crippen MR) is 114 cm³/mol. The second kappa shape index (κ2) is 6.82. The first-order valence-corrected chi connectivity index (χ1v) is 10.2. The monoisotopic (exact) mass is 409 g/mol. The molecule has 0 bridgehead atoms. The molecule has 0 spiro atoms. The van der Waals surface area contributed by atoms with Gasteiger partial charge in [0.1, 0.15) is 5.75 Å². The number of fused-ring (bicyclic) bond motifs is 2. The Balaban J connectivity index is 1.79. The first-order valence-electron chi connectivity index (χ1n) is 10.2. The van der Waals surface area contributed by atoms with Crippen molar-refractivity contribution < 1.29 is 23.6 Å². The molecule has 2 aromatic rings. The minimum absolute atomic E-state index is 0.259. The Labute approximate surface area is 178 Å². The van der Waals surface area contributed by atoms with Gasteiger partial charge >= 0.3 is 13.1 Å². The van der Waals surface area contributed by atoms with Crippen LogP contribution in [0.3, 0.4) is 0 Å². The van der Waals surface area contributed by atoms with E-state index in [0.29, 0.717) is 11.6 Å². The minimum Gasteiger partial charge on any atom is -0.469 e. The van der Waals surface area contributed by atoms with Gasteiger partial charge in [0.2, 0.25) is 5.88 Å². The fourth-order valence-electron chi connectivity index (χ4n) is 4.14. The normalized spacial score (nSPS) is 21.4. The zero-order chi connectivity index (χ0) is 21.9. The van der Waals surface area contributed by atoms with Crippen molar-refractivity contribution in [3.63, 3.8) is 0 Å².